The van der Waals surface area contributed by atoms with Gasteiger partial charge in [-0.3, -0.25) is 0 Å². The first kappa shape index (κ1) is 18.8. The van der Waals surface area contributed by atoms with Gasteiger partial charge in [-0.2, -0.15) is 0 Å². The van der Waals surface area contributed by atoms with Crippen LogP contribution in [0.1, 0.15) is 0 Å². The molecule has 2 aromatic heterocycles. The van der Waals surface area contributed by atoms with E-state index in [2.05, 4.69) is 6.58 Å². The third-order valence-electron chi connectivity index (χ3n) is 4.37. The molecular formula is C21H23N2O4+. The van der Waals surface area contributed by atoms with Crippen molar-refractivity contribution < 1.29 is 19.2 Å². The normalized spacial score (nSPS) is 10.9. The zero-order valence-corrected chi connectivity index (χ0v) is 15.0. The number of aliphatic hydroxyl groups is 2. The summed E-state index contributed by atoms with van der Waals surface area (Å²) >= 11 is 0. The Hall–Kier alpha value is -2.96. The predicted molar refractivity (Wildman–Crippen MR) is 105 cm³/mol. The fourth-order valence-corrected chi connectivity index (χ4v) is 3.02. The van der Waals surface area contributed by atoms with Gasteiger partial charge in [0, 0.05) is 47.9 Å². The summed E-state index contributed by atoms with van der Waals surface area (Å²) in [6, 6.07) is 11.1. The zero-order valence-electron chi connectivity index (χ0n) is 15.0. The summed E-state index contributed by atoms with van der Waals surface area (Å²) in [6.07, 6.45) is 5.59. The van der Waals surface area contributed by atoms with Crippen molar-refractivity contribution in [2.75, 3.05) is 31.2 Å². The summed E-state index contributed by atoms with van der Waals surface area (Å²) in [5.41, 5.74) is 2.14. The summed E-state index contributed by atoms with van der Waals surface area (Å²) < 4.78 is 7.50. The molecule has 0 atom stereocenters. The van der Waals surface area contributed by atoms with Crippen LogP contribution in [-0.4, -0.2) is 36.5 Å². The molecule has 0 aliphatic carbocycles. The lowest BCUT2D eigenvalue weighted by Crippen LogP contribution is -2.31. The number of aromatic nitrogens is 1. The van der Waals surface area contributed by atoms with Crippen LogP contribution in [0, 0.1) is 0 Å². The molecule has 3 aromatic rings. The Bertz CT molecular complexity index is 974. The number of hydrogen-bond donors (Lipinski definition) is 2. The van der Waals surface area contributed by atoms with Gasteiger partial charge in [-0.15, -0.1) is 0 Å². The Morgan fingerprint density at radius 2 is 1.78 bits per heavy atom. The third-order valence-corrected chi connectivity index (χ3v) is 4.37. The number of anilines is 1. The summed E-state index contributed by atoms with van der Waals surface area (Å²) in [4.78, 5) is 14.3. The third kappa shape index (κ3) is 4.24. The molecular weight excluding hydrogens is 344 g/mol. The molecule has 1 aromatic carbocycles. The summed E-state index contributed by atoms with van der Waals surface area (Å²) in [5, 5.41) is 19.2. The van der Waals surface area contributed by atoms with Gasteiger partial charge < -0.3 is 19.5 Å². The number of aliphatic hydroxyl groups excluding tert-OH is 2. The van der Waals surface area contributed by atoms with Crippen LogP contribution in [0.2, 0.25) is 0 Å². The number of pyridine rings is 1. The van der Waals surface area contributed by atoms with E-state index in [1.54, 1.807) is 12.1 Å². The molecule has 3 rings (SSSR count). The Kier molecular flexibility index (Phi) is 6.01. The number of benzene rings is 1. The number of allylic oxidation sites excluding steroid dienone is 1. The number of rotatable bonds is 8. The SMILES string of the molecule is C=CC[n+]1ccc(-c2cc3ccc(N(CCO)CCO)cc3oc2=O)cc1. The van der Waals surface area contributed by atoms with E-state index in [1.807, 2.05) is 52.2 Å². The van der Waals surface area contributed by atoms with Crippen LogP contribution < -0.4 is 15.1 Å². The van der Waals surface area contributed by atoms with E-state index in [1.165, 1.54) is 0 Å². The molecule has 0 aliphatic rings. The maximum absolute atomic E-state index is 12.5. The molecule has 0 aliphatic heterocycles. The molecule has 0 saturated carbocycles. The van der Waals surface area contributed by atoms with E-state index < -0.39 is 5.63 Å². The minimum Gasteiger partial charge on any atom is -0.422 e. The Morgan fingerprint density at radius 3 is 2.41 bits per heavy atom. The van der Waals surface area contributed by atoms with Gasteiger partial charge in [-0.05, 0) is 24.3 Å². The van der Waals surface area contributed by atoms with E-state index in [0.717, 1.165) is 16.6 Å². The van der Waals surface area contributed by atoms with Crippen LogP contribution in [0.5, 0.6) is 0 Å². The summed E-state index contributed by atoms with van der Waals surface area (Å²) in [7, 11) is 0. The minimum absolute atomic E-state index is 0.0270. The Labute approximate surface area is 157 Å². The number of hydrogen-bond acceptors (Lipinski definition) is 5. The fourth-order valence-electron chi connectivity index (χ4n) is 3.02. The van der Waals surface area contributed by atoms with Crippen LogP contribution >= 0.6 is 0 Å². The van der Waals surface area contributed by atoms with Gasteiger partial charge in [0.25, 0.3) is 0 Å². The van der Waals surface area contributed by atoms with Crippen LogP contribution in [0.3, 0.4) is 0 Å². The van der Waals surface area contributed by atoms with Gasteiger partial charge in [-0.25, -0.2) is 9.36 Å². The topological polar surface area (TPSA) is 77.8 Å². The van der Waals surface area contributed by atoms with Gasteiger partial charge in [0.2, 0.25) is 0 Å². The van der Waals surface area contributed by atoms with Crippen LogP contribution in [-0.2, 0) is 6.54 Å². The van der Waals surface area contributed by atoms with Crippen molar-refractivity contribution in [1.82, 2.24) is 0 Å². The van der Waals surface area contributed by atoms with E-state index in [9.17, 15) is 15.0 Å². The zero-order chi connectivity index (χ0) is 19.2. The van der Waals surface area contributed by atoms with Crippen LogP contribution in [0.15, 0.2) is 70.7 Å². The van der Waals surface area contributed by atoms with Crippen molar-refractivity contribution in [3.8, 4) is 11.1 Å². The maximum Gasteiger partial charge on any atom is 0.344 e. The summed E-state index contributed by atoms with van der Waals surface area (Å²) in [5.74, 6) is 0. The number of fused-ring (bicyclic) bond motifs is 1. The van der Waals surface area contributed by atoms with Crippen molar-refractivity contribution >= 4 is 16.7 Å². The highest BCUT2D eigenvalue weighted by molar-refractivity contribution is 5.84. The highest BCUT2D eigenvalue weighted by atomic mass is 16.4. The summed E-state index contributed by atoms with van der Waals surface area (Å²) in [6.45, 7) is 5.14. The molecule has 0 fully saturated rings. The van der Waals surface area contributed by atoms with Crippen molar-refractivity contribution in [3.63, 3.8) is 0 Å². The van der Waals surface area contributed by atoms with Gasteiger partial charge in [0.15, 0.2) is 18.9 Å². The molecule has 0 unspecified atom stereocenters. The predicted octanol–water partition coefficient (Wildman–Crippen LogP) is 1.72. The van der Waals surface area contributed by atoms with Gasteiger partial charge in [0.05, 0.1) is 18.8 Å². The van der Waals surface area contributed by atoms with E-state index in [-0.39, 0.29) is 13.2 Å². The second-order valence-electron chi connectivity index (χ2n) is 6.18. The standard InChI is InChI=1S/C21H23N2O4/c1-2-7-22-8-5-16(6-9-22)19-14-17-3-4-18(15-20(17)27-21(19)26)23(10-12-24)11-13-25/h2-6,8-9,14-15,24-25H,1,7,10-13H2/q+1. The molecule has 140 valence electrons. The van der Waals surface area contributed by atoms with Gasteiger partial charge in [0.1, 0.15) is 5.58 Å². The van der Waals surface area contributed by atoms with Crippen molar-refractivity contribution in [3.05, 3.63) is 71.9 Å². The van der Waals surface area contributed by atoms with Crippen molar-refractivity contribution in [2.24, 2.45) is 0 Å². The quantitative estimate of drug-likeness (QED) is 0.360. The largest absolute Gasteiger partial charge is 0.422 e. The lowest BCUT2D eigenvalue weighted by Gasteiger charge is -2.23. The first-order valence-corrected chi connectivity index (χ1v) is 8.81. The van der Waals surface area contributed by atoms with E-state index in [4.69, 9.17) is 4.42 Å². The molecule has 0 saturated heterocycles. The highest BCUT2D eigenvalue weighted by Gasteiger charge is 2.12. The first-order valence-electron chi connectivity index (χ1n) is 8.81. The molecule has 27 heavy (non-hydrogen) atoms. The lowest BCUT2D eigenvalue weighted by atomic mass is 10.1. The minimum atomic E-state index is -0.406. The lowest BCUT2D eigenvalue weighted by molar-refractivity contribution is -0.686. The second-order valence-corrected chi connectivity index (χ2v) is 6.18. The Balaban J connectivity index is 1.98. The average molecular weight is 367 g/mol. The van der Waals surface area contributed by atoms with Gasteiger partial charge >= 0.3 is 5.63 Å². The fraction of sp³-hybridized carbons (Fsp3) is 0.238. The highest BCUT2D eigenvalue weighted by Crippen LogP contribution is 2.24. The molecule has 0 radical (unpaired) electrons. The second kappa shape index (κ2) is 8.62. The average Bonchev–Trinajstić information content (AvgIpc) is 2.68. The first-order chi connectivity index (χ1) is 13.2. The molecule has 0 amide bonds. The van der Waals surface area contributed by atoms with Crippen LogP contribution in [0.25, 0.3) is 22.1 Å². The molecule has 0 spiro atoms. The van der Waals surface area contributed by atoms with Crippen molar-refractivity contribution in [2.45, 2.75) is 6.54 Å². The molecule has 2 heterocycles. The smallest absolute Gasteiger partial charge is 0.344 e. The van der Waals surface area contributed by atoms with E-state index >= 15 is 0 Å². The number of nitrogens with zero attached hydrogens (tertiary/aromatic N) is 2. The molecule has 6 nitrogen and oxygen atoms in total. The van der Waals surface area contributed by atoms with E-state index in [0.29, 0.717) is 30.8 Å². The van der Waals surface area contributed by atoms with Crippen LogP contribution in [0.4, 0.5) is 5.69 Å². The monoisotopic (exact) mass is 367 g/mol. The maximum atomic E-state index is 12.5. The molecule has 6 heteroatoms. The van der Waals surface area contributed by atoms with Gasteiger partial charge in [-0.1, -0.05) is 6.58 Å². The Morgan fingerprint density at radius 1 is 1.07 bits per heavy atom. The molecule has 2 N–H and O–H groups in total. The molecule has 0 bridgehead atoms. The van der Waals surface area contributed by atoms with Crippen molar-refractivity contribution in [1.29, 1.82) is 0 Å².